The van der Waals surface area contributed by atoms with E-state index in [2.05, 4.69) is 10.6 Å². The predicted molar refractivity (Wildman–Crippen MR) is 80.5 cm³/mol. The van der Waals surface area contributed by atoms with E-state index in [1.54, 1.807) is 14.2 Å². The van der Waals surface area contributed by atoms with Crippen LogP contribution in [-0.2, 0) is 16.0 Å². The number of anilines is 1. The number of nitrogens with one attached hydrogen (secondary N) is 2. The molecule has 0 aromatic heterocycles. The normalized spacial score (nSPS) is 12.5. The van der Waals surface area contributed by atoms with Gasteiger partial charge in [0.1, 0.15) is 0 Å². The van der Waals surface area contributed by atoms with Gasteiger partial charge < -0.3 is 20.3 Å². The molecule has 6 heteroatoms. The maximum Gasteiger partial charge on any atom is 0.254 e. The number of carbonyl (C=O) groups is 2. The zero-order valence-electron chi connectivity index (χ0n) is 12.4. The standard InChI is InChI=1S/C15H21N3O3/c1-18(10-14(19)17-7-8-21-2)15(20)12-4-3-11-5-6-16-13(11)9-12/h3-4,9,16H,5-8,10H2,1-2H3,(H,17,19). The first-order valence-electron chi connectivity index (χ1n) is 6.99. The van der Waals surface area contributed by atoms with Gasteiger partial charge in [0.25, 0.3) is 5.91 Å². The molecule has 1 aliphatic heterocycles. The fourth-order valence-corrected chi connectivity index (χ4v) is 2.28. The Kier molecular flexibility index (Phi) is 5.16. The minimum Gasteiger partial charge on any atom is -0.384 e. The Bertz CT molecular complexity index is 531. The Labute approximate surface area is 124 Å². The van der Waals surface area contributed by atoms with Gasteiger partial charge in [0.05, 0.1) is 13.2 Å². The largest absolute Gasteiger partial charge is 0.384 e. The maximum atomic E-state index is 12.3. The van der Waals surface area contributed by atoms with Crippen LogP contribution in [0.1, 0.15) is 15.9 Å². The lowest BCUT2D eigenvalue weighted by Gasteiger charge is -2.17. The number of carbonyl (C=O) groups excluding carboxylic acids is 2. The van der Waals surface area contributed by atoms with E-state index in [0.717, 1.165) is 18.7 Å². The summed E-state index contributed by atoms with van der Waals surface area (Å²) < 4.78 is 4.85. The van der Waals surface area contributed by atoms with Crippen molar-refractivity contribution in [2.75, 3.05) is 45.7 Å². The molecule has 1 aromatic carbocycles. The zero-order valence-corrected chi connectivity index (χ0v) is 12.4. The zero-order chi connectivity index (χ0) is 15.2. The molecule has 0 fully saturated rings. The van der Waals surface area contributed by atoms with Gasteiger partial charge in [-0.1, -0.05) is 6.07 Å². The highest BCUT2D eigenvalue weighted by Gasteiger charge is 2.17. The quantitative estimate of drug-likeness (QED) is 0.748. The highest BCUT2D eigenvalue weighted by atomic mass is 16.5. The Balaban J connectivity index is 1.91. The second-order valence-electron chi connectivity index (χ2n) is 5.05. The van der Waals surface area contributed by atoms with Crippen molar-refractivity contribution in [3.8, 4) is 0 Å². The summed E-state index contributed by atoms with van der Waals surface area (Å²) in [6.45, 7) is 1.85. The topological polar surface area (TPSA) is 70.7 Å². The van der Waals surface area contributed by atoms with Crippen LogP contribution in [0.2, 0.25) is 0 Å². The van der Waals surface area contributed by atoms with Crippen molar-refractivity contribution >= 4 is 17.5 Å². The van der Waals surface area contributed by atoms with Crippen LogP contribution in [0.25, 0.3) is 0 Å². The first-order chi connectivity index (χ1) is 10.1. The summed E-state index contributed by atoms with van der Waals surface area (Å²) in [5.41, 5.74) is 2.83. The number of benzene rings is 1. The van der Waals surface area contributed by atoms with E-state index in [9.17, 15) is 9.59 Å². The van der Waals surface area contributed by atoms with Gasteiger partial charge in [-0.3, -0.25) is 9.59 Å². The van der Waals surface area contributed by atoms with Crippen LogP contribution in [0.3, 0.4) is 0 Å². The molecule has 1 heterocycles. The molecule has 0 spiro atoms. The lowest BCUT2D eigenvalue weighted by atomic mass is 10.1. The van der Waals surface area contributed by atoms with Crippen LogP contribution in [0.4, 0.5) is 5.69 Å². The molecule has 1 aliphatic rings. The van der Waals surface area contributed by atoms with E-state index in [1.807, 2.05) is 18.2 Å². The number of hydrogen-bond acceptors (Lipinski definition) is 4. The number of hydrogen-bond donors (Lipinski definition) is 2. The third-order valence-corrected chi connectivity index (χ3v) is 3.42. The van der Waals surface area contributed by atoms with E-state index < -0.39 is 0 Å². The van der Waals surface area contributed by atoms with Crippen molar-refractivity contribution in [2.45, 2.75) is 6.42 Å². The van der Waals surface area contributed by atoms with Crippen LogP contribution in [0, 0.1) is 0 Å². The van der Waals surface area contributed by atoms with Crippen molar-refractivity contribution in [1.82, 2.24) is 10.2 Å². The second-order valence-corrected chi connectivity index (χ2v) is 5.05. The third-order valence-electron chi connectivity index (χ3n) is 3.42. The molecule has 0 bridgehead atoms. The van der Waals surface area contributed by atoms with Gasteiger partial charge >= 0.3 is 0 Å². The summed E-state index contributed by atoms with van der Waals surface area (Å²) in [6.07, 6.45) is 0.988. The van der Waals surface area contributed by atoms with E-state index in [-0.39, 0.29) is 18.4 Å². The molecule has 2 amide bonds. The van der Waals surface area contributed by atoms with Crippen LogP contribution in [-0.4, -0.2) is 57.1 Å². The van der Waals surface area contributed by atoms with Crippen molar-refractivity contribution in [3.05, 3.63) is 29.3 Å². The molecule has 0 radical (unpaired) electrons. The van der Waals surface area contributed by atoms with E-state index in [4.69, 9.17) is 4.74 Å². The Morgan fingerprint density at radius 1 is 1.43 bits per heavy atom. The Morgan fingerprint density at radius 2 is 2.24 bits per heavy atom. The van der Waals surface area contributed by atoms with Crippen LogP contribution >= 0.6 is 0 Å². The van der Waals surface area contributed by atoms with Gasteiger partial charge in [-0.05, 0) is 24.1 Å². The average molecular weight is 291 g/mol. The van der Waals surface area contributed by atoms with Crippen molar-refractivity contribution in [1.29, 1.82) is 0 Å². The summed E-state index contributed by atoms with van der Waals surface area (Å²) in [5.74, 6) is -0.351. The first-order valence-corrected chi connectivity index (χ1v) is 6.99. The minimum absolute atomic E-state index is 0.0348. The lowest BCUT2D eigenvalue weighted by Crippen LogP contribution is -2.39. The Hall–Kier alpha value is -2.08. The molecule has 0 saturated heterocycles. The number of fused-ring (bicyclic) bond motifs is 1. The average Bonchev–Trinajstić information content (AvgIpc) is 2.94. The number of ether oxygens (including phenoxy) is 1. The molecule has 114 valence electrons. The number of methoxy groups -OCH3 is 1. The molecule has 1 aromatic rings. The molecule has 0 aliphatic carbocycles. The molecule has 0 saturated carbocycles. The van der Waals surface area contributed by atoms with Crippen molar-refractivity contribution < 1.29 is 14.3 Å². The third kappa shape index (κ3) is 3.95. The predicted octanol–water partition coefficient (Wildman–Crippen LogP) is 0.489. The lowest BCUT2D eigenvalue weighted by molar-refractivity contribution is -0.121. The monoisotopic (exact) mass is 291 g/mol. The maximum absolute atomic E-state index is 12.3. The van der Waals surface area contributed by atoms with Crippen LogP contribution < -0.4 is 10.6 Å². The molecule has 2 rings (SSSR count). The molecule has 21 heavy (non-hydrogen) atoms. The number of rotatable bonds is 6. The highest BCUT2D eigenvalue weighted by Crippen LogP contribution is 2.23. The SMILES string of the molecule is COCCNC(=O)CN(C)C(=O)c1ccc2c(c1)NCC2. The van der Waals surface area contributed by atoms with E-state index >= 15 is 0 Å². The fraction of sp³-hybridized carbons (Fsp3) is 0.467. The molecule has 0 unspecified atom stereocenters. The minimum atomic E-state index is -0.192. The van der Waals surface area contributed by atoms with Gasteiger partial charge in [-0.2, -0.15) is 0 Å². The molecular formula is C15H21N3O3. The van der Waals surface area contributed by atoms with Crippen LogP contribution in [0.15, 0.2) is 18.2 Å². The summed E-state index contributed by atoms with van der Waals surface area (Å²) in [6, 6.07) is 5.63. The number of amides is 2. The summed E-state index contributed by atoms with van der Waals surface area (Å²) in [5, 5.41) is 5.94. The fourth-order valence-electron chi connectivity index (χ4n) is 2.28. The number of likely N-dealkylation sites (N-methyl/N-ethyl adjacent to an activating group) is 1. The molecule has 6 nitrogen and oxygen atoms in total. The van der Waals surface area contributed by atoms with E-state index in [0.29, 0.717) is 18.7 Å². The summed E-state index contributed by atoms with van der Waals surface area (Å²) in [7, 11) is 3.20. The molecular weight excluding hydrogens is 270 g/mol. The smallest absolute Gasteiger partial charge is 0.254 e. The highest BCUT2D eigenvalue weighted by molar-refractivity contribution is 5.97. The van der Waals surface area contributed by atoms with Crippen molar-refractivity contribution in [3.63, 3.8) is 0 Å². The molecule has 0 atom stereocenters. The first kappa shape index (κ1) is 15.3. The van der Waals surface area contributed by atoms with Crippen molar-refractivity contribution in [2.24, 2.45) is 0 Å². The van der Waals surface area contributed by atoms with Gasteiger partial charge in [0, 0.05) is 38.5 Å². The summed E-state index contributed by atoms with van der Waals surface area (Å²) in [4.78, 5) is 25.4. The molecule has 2 N–H and O–H groups in total. The Morgan fingerprint density at radius 3 is 3.00 bits per heavy atom. The number of nitrogens with zero attached hydrogens (tertiary/aromatic N) is 1. The van der Waals surface area contributed by atoms with Gasteiger partial charge in [-0.25, -0.2) is 0 Å². The van der Waals surface area contributed by atoms with E-state index in [1.165, 1.54) is 10.5 Å². The van der Waals surface area contributed by atoms with Gasteiger partial charge in [0.2, 0.25) is 5.91 Å². The van der Waals surface area contributed by atoms with Crippen LogP contribution in [0.5, 0.6) is 0 Å². The second kappa shape index (κ2) is 7.08. The van der Waals surface area contributed by atoms with Gasteiger partial charge in [-0.15, -0.1) is 0 Å². The summed E-state index contributed by atoms with van der Waals surface area (Å²) >= 11 is 0. The van der Waals surface area contributed by atoms with Gasteiger partial charge in [0.15, 0.2) is 0 Å².